The number of fused-ring (bicyclic) bond motifs is 1. The zero-order valence-corrected chi connectivity index (χ0v) is 15.4. The predicted octanol–water partition coefficient (Wildman–Crippen LogP) is 2.61. The fourth-order valence-corrected chi connectivity index (χ4v) is 4.21. The van der Waals surface area contributed by atoms with Crippen LogP contribution in [0.2, 0.25) is 5.02 Å². The lowest BCUT2D eigenvalue weighted by Crippen LogP contribution is -2.48. The van der Waals surface area contributed by atoms with Gasteiger partial charge < -0.3 is 10.6 Å². The van der Waals surface area contributed by atoms with E-state index < -0.39 is 17.3 Å². The van der Waals surface area contributed by atoms with Crippen molar-refractivity contribution in [2.24, 2.45) is 17.1 Å². The lowest BCUT2D eigenvalue weighted by molar-refractivity contribution is -0.129. The van der Waals surface area contributed by atoms with Crippen LogP contribution in [0.5, 0.6) is 0 Å². The standard InChI is InChI=1S/C20H16ClN5O/c1-12(27)26-6-5-15-16(8-22)19(25)20(10-23,11-24)18(17(15)9-26)13-3-2-4-14(21)7-13/h2-5,7,17-18H,6,9,25H2,1H3. The third kappa shape index (κ3) is 2.74. The summed E-state index contributed by atoms with van der Waals surface area (Å²) in [5.74, 6) is -1.19. The minimum Gasteiger partial charge on any atom is -0.399 e. The maximum Gasteiger partial charge on any atom is 0.219 e. The summed E-state index contributed by atoms with van der Waals surface area (Å²) in [6.07, 6.45) is 1.79. The molecule has 0 bridgehead atoms. The van der Waals surface area contributed by atoms with Crippen LogP contribution in [0.3, 0.4) is 0 Å². The SMILES string of the molecule is CC(=O)N1CC=C2C(C#N)=C(N)C(C#N)(C#N)C(c3cccc(Cl)c3)C2C1. The van der Waals surface area contributed by atoms with Gasteiger partial charge in [0.05, 0.1) is 23.4 Å². The zero-order chi connectivity index (χ0) is 19.8. The second kappa shape index (κ2) is 6.80. The van der Waals surface area contributed by atoms with Gasteiger partial charge in [-0.3, -0.25) is 4.79 Å². The van der Waals surface area contributed by atoms with Crippen molar-refractivity contribution >= 4 is 17.5 Å². The number of halogens is 1. The van der Waals surface area contributed by atoms with Gasteiger partial charge in [-0.25, -0.2) is 0 Å². The Morgan fingerprint density at radius 3 is 2.59 bits per heavy atom. The van der Waals surface area contributed by atoms with Crippen molar-refractivity contribution in [3.05, 3.63) is 57.8 Å². The molecule has 27 heavy (non-hydrogen) atoms. The molecular weight excluding hydrogens is 362 g/mol. The van der Waals surface area contributed by atoms with E-state index in [9.17, 15) is 20.6 Å². The average Bonchev–Trinajstić information content (AvgIpc) is 2.66. The molecule has 134 valence electrons. The molecule has 0 saturated heterocycles. The van der Waals surface area contributed by atoms with Crippen molar-refractivity contribution in [3.63, 3.8) is 0 Å². The number of allylic oxidation sites excluding steroid dienone is 2. The molecule has 0 radical (unpaired) electrons. The Morgan fingerprint density at radius 1 is 1.33 bits per heavy atom. The maximum atomic E-state index is 11.9. The number of carbonyl (C=O) groups is 1. The first-order chi connectivity index (χ1) is 12.9. The topological polar surface area (TPSA) is 118 Å². The van der Waals surface area contributed by atoms with Crippen molar-refractivity contribution in [2.45, 2.75) is 12.8 Å². The summed E-state index contributed by atoms with van der Waals surface area (Å²) in [7, 11) is 0. The maximum absolute atomic E-state index is 11.9. The van der Waals surface area contributed by atoms with Gasteiger partial charge in [0.1, 0.15) is 6.07 Å². The Morgan fingerprint density at radius 2 is 2.04 bits per heavy atom. The smallest absolute Gasteiger partial charge is 0.219 e. The third-order valence-corrected chi connectivity index (χ3v) is 5.55. The normalized spacial score (nSPS) is 23.4. The van der Waals surface area contributed by atoms with Gasteiger partial charge in [-0.05, 0) is 23.3 Å². The molecule has 0 saturated carbocycles. The molecule has 0 aromatic heterocycles. The van der Waals surface area contributed by atoms with E-state index in [4.69, 9.17) is 17.3 Å². The number of carbonyl (C=O) groups excluding carboxylic acids is 1. The minimum atomic E-state index is -1.72. The summed E-state index contributed by atoms with van der Waals surface area (Å²) in [6.45, 7) is 2.11. The molecule has 6 nitrogen and oxygen atoms in total. The van der Waals surface area contributed by atoms with Crippen LogP contribution in [0.25, 0.3) is 0 Å². The van der Waals surface area contributed by atoms with Crippen LogP contribution >= 0.6 is 11.6 Å². The number of benzene rings is 1. The number of rotatable bonds is 1. The van der Waals surface area contributed by atoms with Gasteiger partial charge >= 0.3 is 0 Å². The van der Waals surface area contributed by atoms with E-state index in [1.807, 2.05) is 0 Å². The van der Waals surface area contributed by atoms with Gasteiger partial charge in [0, 0.05) is 36.9 Å². The van der Waals surface area contributed by atoms with E-state index in [0.29, 0.717) is 29.2 Å². The number of nitrogens with zero attached hydrogens (tertiary/aromatic N) is 4. The van der Waals surface area contributed by atoms with Crippen molar-refractivity contribution in [3.8, 4) is 18.2 Å². The molecular formula is C20H16ClN5O. The van der Waals surface area contributed by atoms with Gasteiger partial charge in [-0.15, -0.1) is 0 Å². The largest absolute Gasteiger partial charge is 0.399 e. The molecule has 7 heteroatoms. The molecule has 1 amide bonds. The van der Waals surface area contributed by atoms with E-state index in [-0.39, 0.29) is 17.2 Å². The molecule has 1 aliphatic heterocycles. The Hall–Kier alpha value is -3.27. The number of hydrogen-bond donors (Lipinski definition) is 1. The fraction of sp³-hybridized carbons (Fsp3) is 0.300. The summed E-state index contributed by atoms with van der Waals surface area (Å²) < 4.78 is 0. The highest BCUT2D eigenvalue weighted by atomic mass is 35.5. The number of nitrogens with two attached hydrogens (primary N) is 1. The minimum absolute atomic E-state index is 0.0428. The Bertz CT molecular complexity index is 990. The molecule has 1 aromatic rings. The van der Waals surface area contributed by atoms with Crippen molar-refractivity contribution in [1.29, 1.82) is 15.8 Å². The van der Waals surface area contributed by atoms with Crippen molar-refractivity contribution < 1.29 is 4.79 Å². The summed E-state index contributed by atoms with van der Waals surface area (Å²) >= 11 is 6.15. The third-order valence-electron chi connectivity index (χ3n) is 5.32. The number of nitriles is 3. The van der Waals surface area contributed by atoms with Gasteiger partial charge in [-0.1, -0.05) is 29.8 Å². The van der Waals surface area contributed by atoms with E-state index in [2.05, 4.69) is 18.2 Å². The highest BCUT2D eigenvalue weighted by molar-refractivity contribution is 6.30. The number of hydrogen-bond acceptors (Lipinski definition) is 5. The van der Waals surface area contributed by atoms with Crippen LogP contribution in [-0.2, 0) is 4.79 Å². The Kier molecular flexibility index (Phi) is 4.66. The first-order valence-corrected chi connectivity index (χ1v) is 8.71. The number of amides is 1. The first-order valence-electron chi connectivity index (χ1n) is 8.33. The van der Waals surface area contributed by atoms with E-state index in [1.54, 1.807) is 35.2 Å². The molecule has 2 aliphatic rings. The van der Waals surface area contributed by atoms with E-state index in [0.717, 1.165) is 0 Å². The first kappa shape index (κ1) is 18.5. The van der Waals surface area contributed by atoms with Crippen LogP contribution in [0.1, 0.15) is 18.4 Å². The fourth-order valence-electron chi connectivity index (χ4n) is 4.01. The summed E-state index contributed by atoms with van der Waals surface area (Å²) in [5, 5.41) is 30.0. The summed E-state index contributed by atoms with van der Waals surface area (Å²) in [6, 6.07) is 13.1. The monoisotopic (exact) mass is 377 g/mol. The van der Waals surface area contributed by atoms with E-state index >= 15 is 0 Å². The van der Waals surface area contributed by atoms with Gasteiger partial charge in [0.2, 0.25) is 5.91 Å². The van der Waals surface area contributed by atoms with E-state index in [1.165, 1.54) is 6.92 Å². The molecule has 1 aliphatic carbocycles. The predicted molar refractivity (Wildman–Crippen MR) is 98.5 cm³/mol. The molecule has 1 aromatic carbocycles. The van der Waals surface area contributed by atoms with Crippen LogP contribution in [-0.4, -0.2) is 23.9 Å². The average molecular weight is 378 g/mol. The molecule has 2 unspecified atom stereocenters. The lowest BCUT2D eigenvalue weighted by Gasteiger charge is -2.45. The molecule has 3 rings (SSSR count). The van der Waals surface area contributed by atoms with Crippen molar-refractivity contribution in [2.75, 3.05) is 13.1 Å². The molecule has 2 atom stereocenters. The molecule has 0 spiro atoms. The van der Waals surface area contributed by atoms with Gasteiger partial charge in [-0.2, -0.15) is 15.8 Å². The molecule has 2 N–H and O–H groups in total. The highest BCUT2D eigenvalue weighted by Gasteiger charge is 2.54. The van der Waals surface area contributed by atoms with Crippen LogP contribution in [0.15, 0.2) is 47.2 Å². The van der Waals surface area contributed by atoms with Crippen molar-refractivity contribution in [1.82, 2.24) is 4.90 Å². The van der Waals surface area contributed by atoms with Crippen LogP contribution < -0.4 is 5.73 Å². The summed E-state index contributed by atoms with van der Waals surface area (Å²) in [4.78, 5) is 13.6. The van der Waals surface area contributed by atoms with Gasteiger partial charge in [0.15, 0.2) is 5.41 Å². The molecule has 0 fully saturated rings. The highest BCUT2D eigenvalue weighted by Crippen LogP contribution is 2.54. The van der Waals surface area contributed by atoms with Crippen LogP contribution in [0, 0.1) is 45.3 Å². The second-order valence-electron chi connectivity index (χ2n) is 6.65. The molecule has 1 heterocycles. The second-order valence-corrected chi connectivity index (χ2v) is 7.09. The van der Waals surface area contributed by atoms with Gasteiger partial charge in [0.25, 0.3) is 0 Å². The van der Waals surface area contributed by atoms with Crippen LogP contribution in [0.4, 0.5) is 0 Å². The summed E-state index contributed by atoms with van der Waals surface area (Å²) in [5.41, 5.74) is 5.96. The Balaban J connectivity index is 2.32. The zero-order valence-electron chi connectivity index (χ0n) is 14.6. The lowest BCUT2D eigenvalue weighted by atomic mass is 9.58. The quantitative estimate of drug-likeness (QED) is 0.806. The Labute approximate surface area is 162 Å².